The van der Waals surface area contributed by atoms with E-state index in [0.717, 1.165) is 0 Å². The Labute approximate surface area is 114 Å². The zero-order chi connectivity index (χ0) is 13.2. The number of nitrogens with two attached hydrogens (primary N) is 1. The molecule has 0 radical (unpaired) electrons. The molecule has 1 aliphatic heterocycles. The highest BCUT2D eigenvalue weighted by Crippen LogP contribution is 2.29. The van der Waals surface area contributed by atoms with Crippen LogP contribution in [-0.2, 0) is 9.47 Å². The molecule has 2 heterocycles. The van der Waals surface area contributed by atoms with Crippen LogP contribution in [0.4, 0.5) is 5.69 Å². The lowest BCUT2D eigenvalue weighted by atomic mass is 10.2. The summed E-state index contributed by atoms with van der Waals surface area (Å²) in [5.41, 5.74) is 6.91. The average Bonchev–Trinajstić information content (AvgIpc) is 2.92. The fourth-order valence-electron chi connectivity index (χ4n) is 1.82. The van der Waals surface area contributed by atoms with E-state index in [1.165, 1.54) is 0 Å². The van der Waals surface area contributed by atoms with Crippen molar-refractivity contribution in [2.75, 3.05) is 25.6 Å². The SMILES string of the molecule is Nc1ccc(Cl)c(-c2nc(C3COCCO3)no2)c1. The Bertz CT molecular complexity index is 581. The van der Waals surface area contributed by atoms with Crippen molar-refractivity contribution in [1.29, 1.82) is 0 Å². The third kappa shape index (κ3) is 2.56. The van der Waals surface area contributed by atoms with Crippen molar-refractivity contribution < 1.29 is 14.0 Å². The maximum absolute atomic E-state index is 6.09. The predicted octanol–water partition coefficient (Wildman–Crippen LogP) is 2.06. The summed E-state index contributed by atoms with van der Waals surface area (Å²) in [5, 5.41) is 4.40. The van der Waals surface area contributed by atoms with Crippen LogP contribution >= 0.6 is 11.6 Å². The number of nitrogens with zero attached hydrogens (tertiary/aromatic N) is 2. The van der Waals surface area contributed by atoms with Gasteiger partial charge in [-0.15, -0.1) is 0 Å². The fraction of sp³-hybridized carbons (Fsp3) is 0.333. The standard InChI is InChI=1S/C12H12ClN3O3/c13-9-2-1-7(14)5-8(9)12-15-11(16-19-12)10-6-17-3-4-18-10/h1-2,5,10H,3-4,6,14H2. The van der Waals surface area contributed by atoms with Crippen LogP contribution in [0.25, 0.3) is 11.5 Å². The number of halogens is 1. The van der Waals surface area contributed by atoms with Gasteiger partial charge in [0.15, 0.2) is 0 Å². The fourth-order valence-corrected chi connectivity index (χ4v) is 2.02. The molecule has 0 bridgehead atoms. The lowest BCUT2D eigenvalue weighted by molar-refractivity contribution is -0.0941. The van der Waals surface area contributed by atoms with Crippen molar-refractivity contribution in [2.24, 2.45) is 0 Å². The van der Waals surface area contributed by atoms with Crippen LogP contribution in [0.15, 0.2) is 22.7 Å². The number of rotatable bonds is 2. The van der Waals surface area contributed by atoms with E-state index in [9.17, 15) is 0 Å². The number of ether oxygens (including phenoxy) is 2. The first-order valence-corrected chi connectivity index (χ1v) is 6.20. The van der Waals surface area contributed by atoms with E-state index in [1.54, 1.807) is 18.2 Å². The minimum Gasteiger partial charge on any atom is -0.399 e. The first kappa shape index (κ1) is 12.4. The summed E-state index contributed by atoms with van der Waals surface area (Å²) in [6, 6.07) is 5.09. The summed E-state index contributed by atoms with van der Waals surface area (Å²) < 4.78 is 16.0. The Morgan fingerprint density at radius 3 is 3.00 bits per heavy atom. The van der Waals surface area contributed by atoms with E-state index in [2.05, 4.69) is 10.1 Å². The lowest BCUT2D eigenvalue weighted by Crippen LogP contribution is -2.22. The largest absolute Gasteiger partial charge is 0.399 e. The average molecular weight is 282 g/mol. The van der Waals surface area contributed by atoms with Gasteiger partial charge in [-0.2, -0.15) is 4.98 Å². The smallest absolute Gasteiger partial charge is 0.259 e. The second kappa shape index (κ2) is 5.16. The van der Waals surface area contributed by atoms with Gasteiger partial charge in [0.05, 0.1) is 30.4 Å². The molecule has 19 heavy (non-hydrogen) atoms. The van der Waals surface area contributed by atoms with Crippen molar-refractivity contribution in [3.63, 3.8) is 0 Å². The number of hydrogen-bond acceptors (Lipinski definition) is 6. The molecule has 0 aliphatic carbocycles. The van der Waals surface area contributed by atoms with Crippen LogP contribution < -0.4 is 5.73 Å². The van der Waals surface area contributed by atoms with Crippen LogP contribution in [0, 0.1) is 0 Å². The minimum atomic E-state index is -0.300. The molecule has 1 atom stereocenters. The number of anilines is 1. The summed E-state index contributed by atoms with van der Waals surface area (Å²) in [7, 11) is 0. The summed E-state index contributed by atoms with van der Waals surface area (Å²) >= 11 is 6.09. The van der Waals surface area contributed by atoms with Crippen LogP contribution in [0.2, 0.25) is 5.02 Å². The molecule has 6 nitrogen and oxygen atoms in total. The van der Waals surface area contributed by atoms with Crippen molar-refractivity contribution in [1.82, 2.24) is 10.1 Å². The van der Waals surface area contributed by atoms with Gasteiger partial charge in [-0.05, 0) is 18.2 Å². The van der Waals surface area contributed by atoms with Gasteiger partial charge in [-0.3, -0.25) is 0 Å². The third-order valence-corrected chi connectivity index (χ3v) is 3.10. The molecular weight excluding hydrogens is 270 g/mol. The quantitative estimate of drug-likeness (QED) is 0.848. The highest BCUT2D eigenvalue weighted by atomic mass is 35.5. The molecule has 1 fully saturated rings. The van der Waals surface area contributed by atoms with Gasteiger partial charge < -0.3 is 19.7 Å². The van der Waals surface area contributed by atoms with Gasteiger partial charge in [0.25, 0.3) is 5.89 Å². The number of aromatic nitrogens is 2. The van der Waals surface area contributed by atoms with E-state index in [1.807, 2.05) is 0 Å². The van der Waals surface area contributed by atoms with Gasteiger partial charge in [-0.25, -0.2) is 0 Å². The molecule has 1 unspecified atom stereocenters. The Kier molecular flexibility index (Phi) is 3.37. The first-order valence-electron chi connectivity index (χ1n) is 5.82. The molecule has 2 N–H and O–H groups in total. The number of nitrogen functional groups attached to an aromatic ring is 1. The van der Waals surface area contributed by atoms with Crippen LogP contribution in [0.3, 0.4) is 0 Å². The van der Waals surface area contributed by atoms with E-state index >= 15 is 0 Å². The molecule has 0 amide bonds. The molecule has 2 aromatic rings. The molecule has 1 aromatic carbocycles. The molecule has 0 spiro atoms. The van der Waals surface area contributed by atoms with Crippen molar-refractivity contribution >= 4 is 17.3 Å². The lowest BCUT2D eigenvalue weighted by Gasteiger charge is -2.19. The Balaban J connectivity index is 1.89. The van der Waals surface area contributed by atoms with Crippen molar-refractivity contribution in [3.8, 4) is 11.5 Å². The Hall–Kier alpha value is -1.63. The summed E-state index contributed by atoms with van der Waals surface area (Å²) in [6.07, 6.45) is -0.300. The molecule has 1 aromatic heterocycles. The maximum atomic E-state index is 6.09. The summed E-state index contributed by atoms with van der Waals surface area (Å²) in [6.45, 7) is 1.53. The van der Waals surface area contributed by atoms with E-state index in [-0.39, 0.29) is 6.10 Å². The summed E-state index contributed by atoms with van der Waals surface area (Å²) in [4.78, 5) is 4.28. The van der Waals surface area contributed by atoms with Crippen LogP contribution in [0.1, 0.15) is 11.9 Å². The Morgan fingerprint density at radius 2 is 2.21 bits per heavy atom. The maximum Gasteiger partial charge on any atom is 0.259 e. The van der Waals surface area contributed by atoms with Gasteiger partial charge in [0.2, 0.25) is 5.82 Å². The zero-order valence-electron chi connectivity index (χ0n) is 10.0. The minimum absolute atomic E-state index is 0.300. The second-order valence-electron chi connectivity index (χ2n) is 4.13. The van der Waals surface area contributed by atoms with Gasteiger partial charge in [0.1, 0.15) is 6.10 Å². The molecule has 0 saturated carbocycles. The highest BCUT2D eigenvalue weighted by molar-refractivity contribution is 6.33. The monoisotopic (exact) mass is 281 g/mol. The van der Waals surface area contributed by atoms with Gasteiger partial charge in [-0.1, -0.05) is 16.8 Å². The Morgan fingerprint density at radius 1 is 1.32 bits per heavy atom. The third-order valence-electron chi connectivity index (χ3n) is 2.77. The molecule has 1 saturated heterocycles. The first-order chi connectivity index (χ1) is 9.24. The van der Waals surface area contributed by atoms with Crippen LogP contribution in [-0.4, -0.2) is 30.0 Å². The molecule has 100 valence electrons. The molecule has 3 rings (SSSR count). The molecule has 7 heteroatoms. The second-order valence-corrected chi connectivity index (χ2v) is 4.54. The van der Waals surface area contributed by atoms with Gasteiger partial charge in [0, 0.05) is 5.69 Å². The van der Waals surface area contributed by atoms with E-state index in [4.69, 9.17) is 31.3 Å². The van der Waals surface area contributed by atoms with E-state index in [0.29, 0.717) is 47.8 Å². The topological polar surface area (TPSA) is 83.4 Å². The number of hydrogen-bond donors (Lipinski definition) is 1. The predicted molar refractivity (Wildman–Crippen MR) is 68.7 cm³/mol. The number of benzene rings is 1. The van der Waals surface area contributed by atoms with Crippen LogP contribution in [0.5, 0.6) is 0 Å². The van der Waals surface area contributed by atoms with Crippen molar-refractivity contribution in [2.45, 2.75) is 6.10 Å². The normalized spacial score (nSPS) is 19.5. The summed E-state index contributed by atoms with van der Waals surface area (Å²) in [5.74, 6) is 0.773. The molecule has 1 aliphatic rings. The van der Waals surface area contributed by atoms with E-state index < -0.39 is 0 Å². The molecular formula is C12H12ClN3O3. The zero-order valence-corrected chi connectivity index (χ0v) is 10.8. The van der Waals surface area contributed by atoms with Crippen molar-refractivity contribution in [3.05, 3.63) is 29.0 Å². The van der Waals surface area contributed by atoms with Gasteiger partial charge >= 0.3 is 0 Å². The highest BCUT2D eigenvalue weighted by Gasteiger charge is 2.23.